The molecule has 3 heterocycles. The van der Waals surface area contributed by atoms with Crippen LogP contribution in [0.1, 0.15) is 16.2 Å². The van der Waals surface area contributed by atoms with E-state index in [-0.39, 0.29) is 10.6 Å². The summed E-state index contributed by atoms with van der Waals surface area (Å²) in [5, 5.41) is 7.31. The number of anilines is 1. The van der Waals surface area contributed by atoms with Crippen molar-refractivity contribution < 1.29 is 9.18 Å². The van der Waals surface area contributed by atoms with E-state index in [1.807, 2.05) is 22.9 Å². The van der Waals surface area contributed by atoms with Gasteiger partial charge in [0.05, 0.1) is 27.4 Å². The molecule has 0 aliphatic rings. The molecule has 0 saturated carbocycles. The summed E-state index contributed by atoms with van der Waals surface area (Å²) >= 11 is 9.01. The van der Waals surface area contributed by atoms with Gasteiger partial charge in [0, 0.05) is 5.38 Å². The third-order valence-electron chi connectivity index (χ3n) is 3.83. The first kappa shape index (κ1) is 17.8. The van der Waals surface area contributed by atoms with Gasteiger partial charge in [0.25, 0.3) is 5.91 Å². The van der Waals surface area contributed by atoms with Gasteiger partial charge in [-0.3, -0.25) is 9.36 Å². The molecular formula is C18H12ClFN4OS2. The number of thiazole rings is 1. The highest BCUT2D eigenvalue weighted by molar-refractivity contribution is 7.15. The SMILES string of the molecule is Cc1ncc(NC(=O)c2c(F)cccc2Cl)n1-c1nc(-c2cccs2)cs1. The quantitative estimate of drug-likeness (QED) is 0.482. The molecule has 0 saturated heterocycles. The van der Waals surface area contributed by atoms with E-state index >= 15 is 0 Å². The summed E-state index contributed by atoms with van der Waals surface area (Å²) in [6, 6.07) is 8.07. The number of hydrogen-bond acceptors (Lipinski definition) is 5. The van der Waals surface area contributed by atoms with Crippen LogP contribution in [0, 0.1) is 12.7 Å². The fourth-order valence-corrected chi connectivity index (χ4v) is 4.47. The van der Waals surface area contributed by atoms with E-state index in [0.29, 0.717) is 16.8 Å². The summed E-state index contributed by atoms with van der Waals surface area (Å²) in [5.74, 6) is -0.285. The lowest BCUT2D eigenvalue weighted by Crippen LogP contribution is -2.17. The molecule has 0 atom stereocenters. The van der Waals surface area contributed by atoms with E-state index in [4.69, 9.17) is 11.6 Å². The summed E-state index contributed by atoms with van der Waals surface area (Å²) in [6.07, 6.45) is 1.51. The van der Waals surface area contributed by atoms with Crippen LogP contribution in [0.3, 0.4) is 0 Å². The number of carbonyl (C=O) groups is 1. The van der Waals surface area contributed by atoms with Gasteiger partial charge in [-0.05, 0) is 30.5 Å². The average molecular weight is 419 g/mol. The molecule has 0 fully saturated rings. The Morgan fingerprint density at radius 1 is 1.26 bits per heavy atom. The van der Waals surface area contributed by atoms with Crippen molar-refractivity contribution in [2.75, 3.05) is 5.32 Å². The molecular weight excluding hydrogens is 407 g/mol. The molecule has 1 amide bonds. The van der Waals surface area contributed by atoms with E-state index in [2.05, 4.69) is 15.3 Å². The van der Waals surface area contributed by atoms with Gasteiger partial charge in [-0.25, -0.2) is 14.4 Å². The Balaban J connectivity index is 1.68. The molecule has 4 rings (SSSR count). The van der Waals surface area contributed by atoms with Gasteiger partial charge in [0.2, 0.25) is 0 Å². The summed E-state index contributed by atoms with van der Waals surface area (Å²) in [6.45, 7) is 1.80. The van der Waals surface area contributed by atoms with Crippen molar-refractivity contribution in [1.82, 2.24) is 14.5 Å². The number of benzene rings is 1. The summed E-state index contributed by atoms with van der Waals surface area (Å²) < 4.78 is 15.7. The van der Waals surface area contributed by atoms with Gasteiger partial charge in [-0.15, -0.1) is 22.7 Å². The highest BCUT2D eigenvalue weighted by atomic mass is 35.5. The predicted octanol–water partition coefficient (Wildman–Crippen LogP) is 5.41. The Kier molecular flexibility index (Phi) is 4.77. The van der Waals surface area contributed by atoms with Crippen molar-refractivity contribution in [3.63, 3.8) is 0 Å². The number of carbonyl (C=O) groups excluding carboxylic acids is 1. The lowest BCUT2D eigenvalue weighted by atomic mass is 10.2. The fourth-order valence-electron chi connectivity index (χ4n) is 2.57. The van der Waals surface area contributed by atoms with Crippen LogP contribution in [0.2, 0.25) is 5.02 Å². The van der Waals surface area contributed by atoms with Gasteiger partial charge >= 0.3 is 0 Å². The fraction of sp³-hybridized carbons (Fsp3) is 0.0556. The molecule has 0 bridgehead atoms. The predicted molar refractivity (Wildman–Crippen MR) is 107 cm³/mol. The minimum atomic E-state index is -0.683. The molecule has 0 radical (unpaired) electrons. The number of aromatic nitrogens is 3. The Labute approximate surface area is 167 Å². The standard InChI is InChI=1S/C18H12ClFN4OS2/c1-10-21-8-15(23-17(25)16-11(19)4-2-5-12(16)20)24(10)18-22-13(9-27-18)14-6-3-7-26-14/h2-9H,1H3,(H,23,25). The van der Waals surface area contributed by atoms with Crippen LogP contribution in [0.5, 0.6) is 0 Å². The molecule has 5 nitrogen and oxygen atoms in total. The summed E-state index contributed by atoms with van der Waals surface area (Å²) in [7, 11) is 0. The molecule has 4 aromatic rings. The maximum Gasteiger partial charge on any atom is 0.261 e. The van der Waals surface area contributed by atoms with Gasteiger partial charge in [-0.1, -0.05) is 23.7 Å². The number of rotatable bonds is 4. The van der Waals surface area contributed by atoms with Crippen molar-refractivity contribution in [2.24, 2.45) is 0 Å². The van der Waals surface area contributed by atoms with Gasteiger partial charge < -0.3 is 5.32 Å². The minimum Gasteiger partial charge on any atom is -0.306 e. The number of amides is 1. The molecule has 1 N–H and O–H groups in total. The van der Waals surface area contributed by atoms with Crippen molar-refractivity contribution in [2.45, 2.75) is 6.92 Å². The number of thiophene rings is 1. The van der Waals surface area contributed by atoms with Gasteiger partial charge in [0.15, 0.2) is 5.13 Å². The molecule has 3 aromatic heterocycles. The number of nitrogens with one attached hydrogen (secondary N) is 1. The van der Waals surface area contributed by atoms with Crippen molar-refractivity contribution in [1.29, 1.82) is 0 Å². The van der Waals surface area contributed by atoms with Crippen molar-refractivity contribution >= 4 is 46.0 Å². The van der Waals surface area contributed by atoms with Crippen LogP contribution in [0.15, 0.2) is 47.3 Å². The Bertz CT molecular complexity index is 1100. The second kappa shape index (κ2) is 7.22. The van der Waals surface area contributed by atoms with Crippen molar-refractivity contribution in [3.05, 3.63) is 69.5 Å². The van der Waals surface area contributed by atoms with Crippen LogP contribution in [0.4, 0.5) is 10.2 Å². The van der Waals surface area contributed by atoms with Gasteiger partial charge in [0.1, 0.15) is 17.5 Å². The zero-order valence-corrected chi connectivity index (χ0v) is 16.3. The molecule has 1 aromatic carbocycles. The molecule has 0 aliphatic carbocycles. The molecule has 0 spiro atoms. The van der Waals surface area contributed by atoms with Gasteiger partial charge in [-0.2, -0.15) is 0 Å². The maximum atomic E-state index is 14.0. The number of halogens is 2. The molecule has 27 heavy (non-hydrogen) atoms. The van der Waals surface area contributed by atoms with E-state index in [9.17, 15) is 9.18 Å². The van der Waals surface area contributed by atoms with Crippen LogP contribution in [0.25, 0.3) is 15.7 Å². The van der Waals surface area contributed by atoms with Crippen LogP contribution >= 0.6 is 34.3 Å². The molecule has 0 aliphatic heterocycles. The van der Waals surface area contributed by atoms with E-state index in [0.717, 1.165) is 10.6 Å². The van der Waals surface area contributed by atoms with Crippen molar-refractivity contribution in [3.8, 4) is 15.7 Å². The minimum absolute atomic E-state index is 0.0458. The largest absolute Gasteiger partial charge is 0.306 e. The highest BCUT2D eigenvalue weighted by Gasteiger charge is 2.20. The molecule has 136 valence electrons. The van der Waals surface area contributed by atoms with E-state index in [1.165, 1.54) is 35.7 Å². The Morgan fingerprint density at radius 3 is 2.85 bits per heavy atom. The van der Waals surface area contributed by atoms with Crippen LogP contribution < -0.4 is 5.32 Å². The normalized spacial score (nSPS) is 10.9. The Hall–Kier alpha value is -2.55. The first-order valence-corrected chi connectivity index (χ1v) is 9.98. The average Bonchev–Trinajstić information content (AvgIpc) is 3.35. The molecule has 0 unspecified atom stereocenters. The second-order valence-electron chi connectivity index (χ2n) is 5.57. The third-order valence-corrected chi connectivity index (χ3v) is 5.86. The third kappa shape index (κ3) is 3.39. The van der Waals surface area contributed by atoms with Crippen LogP contribution in [-0.2, 0) is 0 Å². The smallest absolute Gasteiger partial charge is 0.261 e. The monoisotopic (exact) mass is 418 g/mol. The summed E-state index contributed by atoms with van der Waals surface area (Å²) in [4.78, 5) is 22.5. The van der Waals surface area contributed by atoms with E-state index in [1.54, 1.807) is 22.8 Å². The first-order chi connectivity index (χ1) is 13.0. The zero-order chi connectivity index (χ0) is 19.0. The topological polar surface area (TPSA) is 59.8 Å². The first-order valence-electron chi connectivity index (χ1n) is 7.84. The lowest BCUT2D eigenvalue weighted by Gasteiger charge is -2.10. The van der Waals surface area contributed by atoms with Crippen LogP contribution in [-0.4, -0.2) is 20.4 Å². The number of imidazole rings is 1. The zero-order valence-electron chi connectivity index (χ0n) is 13.9. The number of aryl methyl sites for hydroxylation is 1. The number of hydrogen-bond donors (Lipinski definition) is 1. The maximum absolute atomic E-state index is 14.0. The number of nitrogens with zero attached hydrogens (tertiary/aromatic N) is 3. The Morgan fingerprint density at radius 2 is 2.11 bits per heavy atom. The second-order valence-corrected chi connectivity index (χ2v) is 7.76. The van der Waals surface area contributed by atoms with E-state index < -0.39 is 11.7 Å². The summed E-state index contributed by atoms with van der Waals surface area (Å²) in [5.41, 5.74) is 0.649. The highest BCUT2D eigenvalue weighted by Crippen LogP contribution is 2.30. The molecule has 9 heteroatoms. The lowest BCUT2D eigenvalue weighted by molar-refractivity contribution is 0.102.